The van der Waals surface area contributed by atoms with Crippen LogP contribution in [0.5, 0.6) is 0 Å². The molecule has 5 nitrogen and oxygen atoms in total. The Kier molecular flexibility index (Phi) is 1.73. The molecule has 5 heteroatoms. The second-order valence-electron chi connectivity index (χ2n) is 3.69. The van der Waals surface area contributed by atoms with Crippen molar-refractivity contribution in [3.63, 3.8) is 0 Å². The second kappa shape index (κ2) is 3.10. The molecule has 0 atom stereocenters. The summed E-state index contributed by atoms with van der Waals surface area (Å²) in [6.45, 7) is 1.87. The van der Waals surface area contributed by atoms with Gasteiger partial charge in [0.25, 0.3) is 0 Å². The lowest BCUT2D eigenvalue weighted by molar-refractivity contribution is 0.425. The van der Waals surface area contributed by atoms with E-state index >= 15 is 0 Å². The Morgan fingerprint density at radius 3 is 2.94 bits per heavy atom. The minimum Gasteiger partial charge on any atom is -0.399 e. The summed E-state index contributed by atoms with van der Waals surface area (Å²) in [5.74, 6) is 1.30. The van der Waals surface area contributed by atoms with Gasteiger partial charge >= 0.3 is 0 Å². The van der Waals surface area contributed by atoms with Crippen LogP contribution >= 0.6 is 0 Å². The number of nitrogen functional groups attached to an aromatic ring is 1. The fraction of sp³-hybridized carbons (Fsp3) is 0.0909. The first kappa shape index (κ1) is 8.96. The van der Waals surface area contributed by atoms with Crippen LogP contribution < -0.4 is 5.73 Å². The number of aryl methyl sites for hydroxylation is 1. The highest BCUT2D eigenvalue weighted by atomic mass is 16.5. The van der Waals surface area contributed by atoms with Gasteiger partial charge in [-0.1, -0.05) is 5.16 Å². The van der Waals surface area contributed by atoms with Gasteiger partial charge < -0.3 is 15.2 Å². The van der Waals surface area contributed by atoms with E-state index in [0.29, 0.717) is 17.3 Å². The largest absolute Gasteiger partial charge is 0.399 e. The Hall–Kier alpha value is -2.30. The highest BCUT2D eigenvalue weighted by Gasteiger charge is 2.09. The number of aromatic nitrogens is 3. The molecular formula is C11H10N4O. The molecule has 3 N–H and O–H groups in total. The maximum Gasteiger partial charge on any atom is 0.202 e. The zero-order chi connectivity index (χ0) is 11.1. The summed E-state index contributed by atoms with van der Waals surface area (Å²) in [6.07, 6.45) is 0. The summed E-state index contributed by atoms with van der Waals surface area (Å²) in [5, 5.41) is 3.82. The predicted molar refractivity (Wildman–Crippen MR) is 60.7 cm³/mol. The standard InChI is InChI=1S/C11H10N4O/c1-6-4-10(16-15-6)11-13-8-3-2-7(12)5-9(8)14-11/h2-5H,12H2,1H3,(H,13,14). The number of fused-ring (bicyclic) bond motifs is 1. The number of benzene rings is 1. The van der Waals surface area contributed by atoms with E-state index in [-0.39, 0.29) is 0 Å². The molecule has 0 spiro atoms. The van der Waals surface area contributed by atoms with Crippen LogP contribution in [-0.2, 0) is 0 Å². The average Bonchev–Trinajstić information content (AvgIpc) is 2.83. The third-order valence-electron chi connectivity index (χ3n) is 2.37. The minimum atomic E-state index is 0.632. The molecule has 0 saturated carbocycles. The van der Waals surface area contributed by atoms with Gasteiger partial charge in [0, 0.05) is 11.8 Å². The fourth-order valence-corrected chi connectivity index (χ4v) is 1.62. The molecule has 0 aliphatic rings. The molecule has 0 unspecified atom stereocenters. The molecule has 0 bridgehead atoms. The van der Waals surface area contributed by atoms with Crippen LogP contribution in [0.4, 0.5) is 5.69 Å². The Bertz CT molecular complexity index is 653. The molecule has 16 heavy (non-hydrogen) atoms. The monoisotopic (exact) mass is 214 g/mol. The summed E-state index contributed by atoms with van der Waals surface area (Å²) in [6, 6.07) is 7.36. The summed E-state index contributed by atoms with van der Waals surface area (Å²) in [4.78, 5) is 7.53. The number of nitrogens with two attached hydrogens (primary N) is 1. The number of imidazole rings is 1. The van der Waals surface area contributed by atoms with E-state index in [1.54, 1.807) is 0 Å². The quantitative estimate of drug-likeness (QED) is 0.608. The number of aromatic amines is 1. The first-order valence-electron chi connectivity index (χ1n) is 4.91. The lowest BCUT2D eigenvalue weighted by Crippen LogP contribution is -1.82. The first-order chi connectivity index (χ1) is 7.72. The summed E-state index contributed by atoms with van der Waals surface area (Å²) < 4.78 is 5.14. The molecule has 0 fully saturated rings. The van der Waals surface area contributed by atoms with Gasteiger partial charge in [0.1, 0.15) is 0 Å². The number of nitrogens with zero attached hydrogens (tertiary/aromatic N) is 2. The molecule has 2 heterocycles. The zero-order valence-corrected chi connectivity index (χ0v) is 8.69. The number of H-pyrrole nitrogens is 1. The normalized spacial score (nSPS) is 11.1. The van der Waals surface area contributed by atoms with E-state index in [9.17, 15) is 0 Å². The predicted octanol–water partition coefficient (Wildman–Crippen LogP) is 2.11. The van der Waals surface area contributed by atoms with Gasteiger partial charge in [-0.05, 0) is 25.1 Å². The van der Waals surface area contributed by atoms with Crippen LogP contribution in [0, 0.1) is 6.92 Å². The van der Waals surface area contributed by atoms with Crippen molar-refractivity contribution in [1.29, 1.82) is 0 Å². The van der Waals surface area contributed by atoms with Crippen molar-refractivity contribution in [3.8, 4) is 11.6 Å². The molecule has 1 aromatic carbocycles. The summed E-state index contributed by atoms with van der Waals surface area (Å²) in [5.41, 5.74) is 8.98. The van der Waals surface area contributed by atoms with E-state index in [0.717, 1.165) is 16.7 Å². The van der Waals surface area contributed by atoms with Crippen molar-refractivity contribution in [2.45, 2.75) is 6.92 Å². The van der Waals surface area contributed by atoms with Crippen LogP contribution in [0.25, 0.3) is 22.6 Å². The van der Waals surface area contributed by atoms with E-state index in [1.807, 2.05) is 31.2 Å². The number of hydrogen-bond acceptors (Lipinski definition) is 4. The van der Waals surface area contributed by atoms with Gasteiger partial charge in [0.05, 0.1) is 16.7 Å². The minimum absolute atomic E-state index is 0.632. The number of nitrogens with one attached hydrogen (secondary N) is 1. The highest BCUT2D eigenvalue weighted by Crippen LogP contribution is 2.22. The van der Waals surface area contributed by atoms with Crippen molar-refractivity contribution in [2.75, 3.05) is 5.73 Å². The molecular weight excluding hydrogens is 204 g/mol. The summed E-state index contributed by atoms with van der Waals surface area (Å²) in [7, 11) is 0. The van der Waals surface area contributed by atoms with Gasteiger partial charge in [-0.2, -0.15) is 0 Å². The number of hydrogen-bond donors (Lipinski definition) is 2. The van der Waals surface area contributed by atoms with Crippen molar-refractivity contribution >= 4 is 16.7 Å². The average molecular weight is 214 g/mol. The number of anilines is 1. The molecule has 0 aliphatic carbocycles. The van der Waals surface area contributed by atoms with E-state index in [4.69, 9.17) is 10.3 Å². The van der Waals surface area contributed by atoms with Crippen molar-refractivity contribution in [2.24, 2.45) is 0 Å². The van der Waals surface area contributed by atoms with Gasteiger partial charge in [0.15, 0.2) is 5.82 Å². The maximum atomic E-state index is 5.69. The maximum absolute atomic E-state index is 5.69. The van der Waals surface area contributed by atoms with Crippen LogP contribution in [0.2, 0.25) is 0 Å². The SMILES string of the molecule is Cc1cc(-c2nc3ccc(N)cc3[nH]2)on1. The molecule has 2 aromatic heterocycles. The fourth-order valence-electron chi connectivity index (χ4n) is 1.62. The van der Waals surface area contributed by atoms with E-state index in [2.05, 4.69) is 15.1 Å². The Morgan fingerprint density at radius 1 is 1.31 bits per heavy atom. The third kappa shape index (κ3) is 1.33. The third-order valence-corrected chi connectivity index (χ3v) is 2.37. The van der Waals surface area contributed by atoms with Crippen molar-refractivity contribution < 1.29 is 4.52 Å². The first-order valence-corrected chi connectivity index (χ1v) is 4.91. The Balaban J connectivity index is 2.18. The molecule has 0 amide bonds. The molecule has 0 aliphatic heterocycles. The van der Waals surface area contributed by atoms with Crippen LogP contribution in [0.15, 0.2) is 28.8 Å². The molecule has 3 rings (SSSR count). The molecule has 80 valence electrons. The van der Waals surface area contributed by atoms with Gasteiger partial charge in [-0.15, -0.1) is 0 Å². The smallest absolute Gasteiger partial charge is 0.202 e. The van der Waals surface area contributed by atoms with Gasteiger partial charge in [0.2, 0.25) is 5.76 Å². The number of rotatable bonds is 1. The zero-order valence-electron chi connectivity index (χ0n) is 8.69. The Labute approximate surface area is 91.3 Å². The van der Waals surface area contributed by atoms with Crippen molar-refractivity contribution in [3.05, 3.63) is 30.0 Å². The molecule has 3 aromatic rings. The Morgan fingerprint density at radius 2 is 2.19 bits per heavy atom. The van der Waals surface area contributed by atoms with Gasteiger partial charge in [-0.25, -0.2) is 4.98 Å². The van der Waals surface area contributed by atoms with E-state index < -0.39 is 0 Å². The van der Waals surface area contributed by atoms with Crippen LogP contribution in [-0.4, -0.2) is 15.1 Å². The van der Waals surface area contributed by atoms with E-state index in [1.165, 1.54) is 0 Å². The van der Waals surface area contributed by atoms with Crippen LogP contribution in [0.3, 0.4) is 0 Å². The molecule has 0 radical (unpaired) electrons. The van der Waals surface area contributed by atoms with Crippen LogP contribution in [0.1, 0.15) is 5.69 Å². The second-order valence-corrected chi connectivity index (χ2v) is 3.69. The van der Waals surface area contributed by atoms with Gasteiger partial charge in [-0.3, -0.25) is 0 Å². The lowest BCUT2D eigenvalue weighted by Gasteiger charge is -1.89. The molecule has 0 saturated heterocycles. The lowest BCUT2D eigenvalue weighted by atomic mass is 10.3. The highest BCUT2D eigenvalue weighted by molar-refractivity contribution is 5.81. The van der Waals surface area contributed by atoms with Crippen molar-refractivity contribution in [1.82, 2.24) is 15.1 Å². The topological polar surface area (TPSA) is 80.7 Å². The summed E-state index contributed by atoms with van der Waals surface area (Å²) >= 11 is 0.